The van der Waals surface area contributed by atoms with Gasteiger partial charge in [0.2, 0.25) is 0 Å². The molecule has 10 nitrogen and oxygen atoms in total. The lowest BCUT2D eigenvalue weighted by atomic mass is 9.96. The van der Waals surface area contributed by atoms with E-state index in [4.69, 9.17) is 14.7 Å². The predicted octanol–water partition coefficient (Wildman–Crippen LogP) is 0.532. The number of aryl methyl sites for hydroxylation is 1. The lowest BCUT2D eigenvalue weighted by Crippen LogP contribution is -2.37. The van der Waals surface area contributed by atoms with E-state index in [0.29, 0.717) is 19.8 Å². The van der Waals surface area contributed by atoms with Crippen LogP contribution in [0.3, 0.4) is 0 Å². The third-order valence-corrected chi connectivity index (χ3v) is 4.45. The lowest BCUT2D eigenvalue weighted by Gasteiger charge is -2.29. The molecule has 138 valence electrons. The topological polar surface area (TPSA) is 99.7 Å². The molecule has 1 aliphatic rings. The standard InChI is InChI=1S/C16H23N9O/c1-16(2,3)15-18-13(24-5-7-26-8-6-24)12-14(19-15)25(22-20-12)10-11-9-17-21-23(11)4/h9H,5-8,10H2,1-4H3. The molecular weight excluding hydrogens is 334 g/mol. The summed E-state index contributed by atoms with van der Waals surface area (Å²) < 4.78 is 8.99. The number of nitrogens with zero attached hydrogens (tertiary/aromatic N) is 9. The Morgan fingerprint density at radius 3 is 2.54 bits per heavy atom. The third kappa shape index (κ3) is 3.00. The number of ether oxygens (including phenoxy) is 1. The smallest absolute Gasteiger partial charge is 0.184 e. The molecule has 0 amide bonds. The molecule has 0 unspecified atom stereocenters. The molecule has 0 N–H and O–H groups in total. The lowest BCUT2D eigenvalue weighted by molar-refractivity contribution is 0.122. The van der Waals surface area contributed by atoms with Crippen molar-refractivity contribution in [3.63, 3.8) is 0 Å². The zero-order valence-corrected chi connectivity index (χ0v) is 15.5. The minimum absolute atomic E-state index is 0.182. The van der Waals surface area contributed by atoms with E-state index in [0.717, 1.165) is 41.6 Å². The van der Waals surface area contributed by atoms with Crippen molar-refractivity contribution in [1.82, 2.24) is 40.0 Å². The Bertz CT molecular complexity index is 918. The highest BCUT2D eigenvalue weighted by Gasteiger charge is 2.26. The van der Waals surface area contributed by atoms with Gasteiger partial charge in [0.25, 0.3) is 0 Å². The Balaban J connectivity index is 1.84. The van der Waals surface area contributed by atoms with Crippen LogP contribution in [0.2, 0.25) is 0 Å². The summed E-state index contributed by atoms with van der Waals surface area (Å²) in [6.07, 6.45) is 1.72. The van der Waals surface area contributed by atoms with E-state index >= 15 is 0 Å². The maximum atomic E-state index is 5.48. The van der Waals surface area contributed by atoms with Crippen molar-refractivity contribution in [3.8, 4) is 0 Å². The molecule has 1 saturated heterocycles. The van der Waals surface area contributed by atoms with Crippen LogP contribution in [-0.2, 0) is 23.7 Å². The molecule has 3 aromatic heterocycles. The van der Waals surface area contributed by atoms with Crippen LogP contribution in [0.25, 0.3) is 11.2 Å². The summed E-state index contributed by atoms with van der Waals surface area (Å²) in [6, 6.07) is 0. The Kier molecular flexibility index (Phi) is 4.06. The van der Waals surface area contributed by atoms with Crippen LogP contribution >= 0.6 is 0 Å². The number of aromatic nitrogens is 8. The van der Waals surface area contributed by atoms with Gasteiger partial charge in [-0.15, -0.1) is 10.2 Å². The van der Waals surface area contributed by atoms with E-state index in [9.17, 15) is 0 Å². The van der Waals surface area contributed by atoms with Crippen molar-refractivity contribution < 1.29 is 4.74 Å². The van der Waals surface area contributed by atoms with Crippen LogP contribution in [-0.4, -0.2) is 66.3 Å². The second-order valence-corrected chi connectivity index (χ2v) is 7.49. The first-order valence-electron chi connectivity index (χ1n) is 8.71. The number of fused-ring (bicyclic) bond motifs is 1. The number of hydrogen-bond donors (Lipinski definition) is 0. The van der Waals surface area contributed by atoms with Gasteiger partial charge in [-0.1, -0.05) is 31.2 Å². The van der Waals surface area contributed by atoms with E-state index in [1.54, 1.807) is 15.6 Å². The number of hydrogen-bond acceptors (Lipinski definition) is 8. The minimum Gasteiger partial charge on any atom is -0.378 e. The molecule has 0 aliphatic carbocycles. The Morgan fingerprint density at radius 2 is 1.88 bits per heavy atom. The Hall–Kier alpha value is -2.62. The second kappa shape index (κ2) is 6.27. The van der Waals surface area contributed by atoms with Gasteiger partial charge in [0.05, 0.1) is 31.6 Å². The van der Waals surface area contributed by atoms with Crippen LogP contribution < -0.4 is 4.90 Å². The molecule has 1 fully saturated rings. The maximum absolute atomic E-state index is 5.48. The van der Waals surface area contributed by atoms with Gasteiger partial charge in [-0.25, -0.2) is 14.6 Å². The second-order valence-electron chi connectivity index (χ2n) is 7.49. The predicted molar refractivity (Wildman–Crippen MR) is 95.0 cm³/mol. The van der Waals surface area contributed by atoms with Gasteiger partial charge >= 0.3 is 0 Å². The molecule has 0 atom stereocenters. The molecule has 0 saturated carbocycles. The summed E-state index contributed by atoms with van der Waals surface area (Å²) in [5.74, 6) is 1.61. The molecule has 4 heterocycles. The van der Waals surface area contributed by atoms with E-state index in [1.165, 1.54) is 0 Å². The molecule has 0 spiro atoms. The van der Waals surface area contributed by atoms with Crippen LogP contribution in [0, 0.1) is 0 Å². The molecule has 10 heteroatoms. The molecule has 3 aromatic rings. The molecule has 0 aromatic carbocycles. The zero-order valence-electron chi connectivity index (χ0n) is 15.5. The van der Waals surface area contributed by atoms with Gasteiger partial charge in [-0.2, -0.15) is 0 Å². The van der Waals surface area contributed by atoms with Gasteiger partial charge in [-0.05, 0) is 0 Å². The number of morpholine rings is 1. The fraction of sp³-hybridized carbons (Fsp3) is 0.625. The van der Waals surface area contributed by atoms with Crippen molar-refractivity contribution in [3.05, 3.63) is 17.7 Å². The molecule has 26 heavy (non-hydrogen) atoms. The van der Waals surface area contributed by atoms with Gasteiger partial charge < -0.3 is 9.64 Å². The van der Waals surface area contributed by atoms with Gasteiger partial charge in [0.15, 0.2) is 17.0 Å². The summed E-state index contributed by atoms with van der Waals surface area (Å²) in [6.45, 7) is 9.77. The van der Waals surface area contributed by atoms with Gasteiger partial charge in [0.1, 0.15) is 5.82 Å². The molecule has 4 rings (SSSR count). The highest BCUT2D eigenvalue weighted by molar-refractivity contribution is 5.83. The normalized spacial score (nSPS) is 15.8. The van der Waals surface area contributed by atoms with Crippen LogP contribution in [0.1, 0.15) is 32.3 Å². The fourth-order valence-corrected chi connectivity index (χ4v) is 2.89. The largest absolute Gasteiger partial charge is 0.378 e. The van der Waals surface area contributed by atoms with E-state index in [-0.39, 0.29) is 5.41 Å². The minimum atomic E-state index is -0.182. The monoisotopic (exact) mass is 357 g/mol. The summed E-state index contributed by atoms with van der Waals surface area (Å²) in [5, 5.41) is 16.6. The van der Waals surface area contributed by atoms with Crippen molar-refractivity contribution in [2.24, 2.45) is 7.05 Å². The van der Waals surface area contributed by atoms with E-state index < -0.39 is 0 Å². The molecule has 0 radical (unpaired) electrons. The average Bonchev–Trinajstić information content (AvgIpc) is 3.21. The number of anilines is 1. The maximum Gasteiger partial charge on any atom is 0.184 e. The van der Waals surface area contributed by atoms with Crippen molar-refractivity contribution >= 4 is 17.0 Å². The van der Waals surface area contributed by atoms with Crippen molar-refractivity contribution in [2.45, 2.75) is 32.7 Å². The van der Waals surface area contributed by atoms with Gasteiger partial charge in [0, 0.05) is 25.6 Å². The summed E-state index contributed by atoms with van der Waals surface area (Å²) in [5.41, 5.74) is 2.20. The Labute approximate surface area is 151 Å². The van der Waals surface area contributed by atoms with Crippen LogP contribution in [0.5, 0.6) is 0 Å². The first kappa shape index (κ1) is 16.8. The summed E-state index contributed by atoms with van der Waals surface area (Å²) in [7, 11) is 1.86. The first-order valence-corrected chi connectivity index (χ1v) is 8.71. The van der Waals surface area contributed by atoms with E-state index in [1.807, 2.05) is 7.05 Å². The summed E-state index contributed by atoms with van der Waals surface area (Å²) >= 11 is 0. The van der Waals surface area contributed by atoms with Crippen LogP contribution in [0.4, 0.5) is 5.82 Å². The molecular formula is C16H23N9O. The Morgan fingerprint density at radius 1 is 1.12 bits per heavy atom. The summed E-state index contributed by atoms with van der Waals surface area (Å²) in [4.78, 5) is 11.8. The van der Waals surface area contributed by atoms with Crippen molar-refractivity contribution in [2.75, 3.05) is 31.2 Å². The average molecular weight is 357 g/mol. The zero-order chi connectivity index (χ0) is 18.3. The molecule has 0 bridgehead atoms. The van der Waals surface area contributed by atoms with E-state index in [2.05, 4.69) is 46.3 Å². The highest BCUT2D eigenvalue weighted by Crippen LogP contribution is 2.27. The first-order chi connectivity index (χ1) is 12.4. The highest BCUT2D eigenvalue weighted by atomic mass is 16.5. The number of rotatable bonds is 3. The fourth-order valence-electron chi connectivity index (χ4n) is 2.89. The molecule has 1 aliphatic heterocycles. The SMILES string of the molecule is Cn1nncc1Cn1nnc2c(N3CCOCC3)nc(C(C)(C)C)nc21. The van der Waals surface area contributed by atoms with Crippen molar-refractivity contribution in [1.29, 1.82) is 0 Å². The van der Waals surface area contributed by atoms with Crippen LogP contribution in [0.15, 0.2) is 6.20 Å². The third-order valence-electron chi connectivity index (χ3n) is 4.45. The quantitative estimate of drug-likeness (QED) is 0.669. The van der Waals surface area contributed by atoms with Gasteiger partial charge in [-0.3, -0.25) is 4.68 Å².